The highest BCUT2D eigenvalue weighted by molar-refractivity contribution is 5.32. The van der Waals surface area contributed by atoms with Crippen LogP contribution in [0.1, 0.15) is 106 Å². The molecule has 2 saturated carbocycles. The summed E-state index contributed by atoms with van der Waals surface area (Å²) in [5.74, 6) is -1.69. The van der Waals surface area contributed by atoms with Crippen LogP contribution in [0.4, 0.5) is 17.6 Å². The zero-order valence-electron chi connectivity index (χ0n) is 21.0. The molecule has 0 radical (unpaired) electrons. The monoisotopic (exact) mass is 490 g/mol. The summed E-state index contributed by atoms with van der Waals surface area (Å²) in [6, 6.07) is 6.91. The summed E-state index contributed by atoms with van der Waals surface area (Å²) in [6.07, 6.45) is 8.63. The van der Waals surface area contributed by atoms with Gasteiger partial charge in [0.2, 0.25) is 0 Å². The van der Waals surface area contributed by atoms with Crippen molar-refractivity contribution in [3.8, 4) is 0 Å². The number of rotatable bonds is 8. The van der Waals surface area contributed by atoms with Gasteiger partial charge >= 0.3 is 0 Å². The molecule has 2 fully saturated rings. The van der Waals surface area contributed by atoms with Crippen LogP contribution in [0.25, 0.3) is 0 Å². The molecule has 2 aliphatic rings. The van der Waals surface area contributed by atoms with E-state index in [0.717, 1.165) is 57.8 Å². The summed E-state index contributed by atoms with van der Waals surface area (Å²) < 4.78 is 64.1. The van der Waals surface area contributed by atoms with Gasteiger partial charge in [0, 0.05) is 12.2 Å². The van der Waals surface area contributed by atoms with Crippen molar-refractivity contribution in [3.63, 3.8) is 0 Å². The first kappa shape index (κ1) is 26.2. The number of halogens is 4. The van der Waals surface area contributed by atoms with Gasteiger partial charge in [-0.3, -0.25) is 0 Å². The second kappa shape index (κ2) is 11.9. The Morgan fingerprint density at radius 2 is 1.20 bits per heavy atom. The average Bonchev–Trinajstić information content (AvgIpc) is 2.87. The van der Waals surface area contributed by atoms with Crippen LogP contribution >= 0.6 is 0 Å². The van der Waals surface area contributed by atoms with Gasteiger partial charge in [-0.1, -0.05) is 44.0 Å². The number of hydrogen-bond donors (Lipinski definition) is 0. The lowest BCUT2D eigenvalue weighted by molar-refractivity contribution is 0.131. The molecule has 0 aliphatic heterocycles. The SMILES string of the molecule is CCOCc1ccc(CCC2CCC(c3ccc(C4CCC(C)CC4)c(F)c3F)CC2)c(F)c1F. The van der Waals surface area contributed by atoms with E-state index in [2.05, 4.69) is 6.92 Å². The molecule has 0 spiro atoms. The van der Waals surface area contributed by atoms with Crippen LogP contribution in [0.5, 0.6) is 0 Å². The largest absolute Gasteiger partial charge is 0.377 e. The maximum absolute atomic E-state index is 15.1. The number of hydrogen-bond acceptors (Lipinski definition) is 1. The van der Waals surface area contributed by atoms with Crippen molar-refractivity contribution in [2.24, 2.45) is 11.8 Å². The van der Waals surface area contributed by atoms with Crippen LogP contribution < -0.4 is 0 Å². The van der Waals surface area contributed by atoms with E-state index < -0.39 is 23.3 Å². The first-order valence-corrected chi connectivity index (χ1v) is 13.4. The zero-order valence-corrected chi connectivity index (χ0v) is 21.0. The molecule has 0 unspecified atom stereocenters. The highest BCUT2D eigenvalue weighted by Crippen LogP contribution is 2.42. The normalized spacial score (nSPS) is 25.1. The Hall–Kier alpha value is -1.88. The molecule has 2 aliphatic carbocycles. The molecule has 2 aromatic rings. The van der Waals surface area contributed by atoms with Crippen LogP contribution in [0, 0.1) is 35.1 Å². The molecule has 4 rings (SSSR count). The third kappa shape index (κ3) is 6.10. The van der Waals surface area contributed by atoms with Gasteiger partial charge in [-0.25, -0.2) is 17.6 Å². The Morgan fingerprint density at radius 3 is 1.77 bits per heavy atom. The summed E-state index contributed by atoms with van der Waals surface area (Å²) in [6.45, 7) is 4.56. The first-order valence-electron chi connectivity index (χ1n) is 13.4. The van der Waals surface area contributed by atoms with Crippen molar-refractivity contribution >= 4 is 0 Å². The van der Waals surface area contributed by atoms with E-state index in [-0.39, 0.29) is 24.0 Å². The topological polar surface area (TPSA) is 9.23 Å². The van der Waals surface area contributed by atoms with Crippen molar-refractivity contribution in [1.29, 1.82) is 0 Å². The second-order valence-corrected chi connectivity index (χ2v) is 10.7. The van der Waals surface area contributed by atoms with E-state index in [9.17, 15) is 8.78 Å². The zero-order chi connectivity index (χ0) is 24.9. The van der Waals surface area contributed by atoms with Crippen molar-refractivity contribution in [3.05, 3.63) is 69.8 Å². The molecule has 192 valence electrons. The minimum Gasteiger partial charge on any atom is -0.377 e. The van der Waals surface area contributed by atoms with E-state index in [1.165, 1.54) is 0 Å². The Bertz CT molecular complexity index is 988. The summed E-state index contributed by atoms with van der Waals surface area (Å²) in [7, 11) is 0. The third-order valence-corrected chi connectivity index (χ3v) is 8.41. The average molecular weight is 491 g/mol. The molecule has 5 heteroatoms. The van der Waals surface area contributed by atoms with E-state index in [1.54, 1.807) is 12.1 Å². The maximum Gasteiger partial charge on any atom is 0.164 e. The predicted molar refractivity (Wildman–Crippen MR) is 131 cm³/mol. The van der Waals surface area contributed by atoms with Gasteiger partial charge in [-0.15, -0.1) is 0 Å². The van der Waals surface area contributed by atoms with Gasteiger partial charge in [-0.05, 0) is 98.7 Å². The van der Waals surface area contributed by atoms with Crippen molar-refractivity contribution < 1.29 is 22.3 Å². The number of ether oxygens (including phenoxy) is 1. The van der Waals surface area contributed by atoms with Crippen LogP contribution in [-0.4, -0.2) is 6.61 Å². The highest BCUT2D eigenvalue weighted by atomic mass is 19.2. The Balaban J connectivity index is 1.32. The smallest absolute Gasteiger partial charge is 0.164 e. The van der Waals surface area contributed by atoms with Gasteiger partial charge in [0.1, 0.15) is 0 Å². The first-order chi connectivity index (χ1) is 16.9. The Labute approximate surface area is 207 Å². The van der Waals surface area contributed by atoms with Gasteiger partial charge in [0.15, 0.2) is 23.3 Å². The van der Waals surface area contributed by atoms with Crippen molar-refractivity contribution in [2.45, 2.75) is 96.5 Å². The van der Waals surface area contributed by atoms with Crippen LogP contribution in [0.15, 0.2) is 24.3 Å². The lowest BCUT2D eigenvalue weighted by Crippen LogP contribution is -2.17. The van der Waals surface area contributed by atoms with Crippen molar-refractivity contribution in [1.82, 2.24) is 0 Å². The lowest BCUT2D eigenvalue weighted by atomic mass is 9.75. The maximum atomic E-state index is 15.1. The molecule has 1 nitrogen and oxygen atoms in total. The fourth-order valence-electron chi connectivity index (χ4n) is 6.05. The summed E-state index contributed by atoms with van der Waals surface area (Å²) >= 11 is 0. The second-order valence-electron chi connectivity index (χ2n) is 10.7. The number of aryl methyl sites for hydroxylation is 1. The van der Waals surface area contributed by atoms with E-state index >= 15 is 8.78 Å². The van der Waals surface area contributed by atoms with E-state index in [4.69, 9.17) is 4.74 Å². The molecule has 0 amide bonds. The molecule has 35 heavy (non-hydrogen) atoms. The standard InChI is InChI=1S/C30H38F4O/c1-3-35-18-24-15-14-23(27(31)28(24)32)13-8-20-6-11-22(12-7-20)26-17-16-25(29(33)30(26)34)21-9-4-19(2)5-10-21/h14-17,19-22H,3-13,18H2,1-2H3. The molecular formula is C30H38F4O. The molecule has 0 aromatic heterocycles. The van der Waals surface area contributed by atoms with Gasteiger partial charge in [0.05, 0.1) is 6.61 Å². The minimum atomic E-state index is -0.816. The fourth-order valence-corrected chi connectivity index (χ4v) is 6.05. The van der Waals surface area contributed by atoms with E-state index in [1.807, 2.05) is 19.1 Å². The third-order valence-electron chi connectivity index (χ3n) is 8.41. The molecular weight excluding hydrogens is 452 g/mol. The lowest BCUT2D eigenvalue weighted by Gasteiger charge is -2.30. The van der Waals surface area contributed by atoms with Crippen LogP contribution in [-0.2, 0) is 17.8 Å². The summed E-state index contributed by atoms with van der Waals surface area (Å²) in [4.78, 5) is 0. The Morgan fingerprint density at radius 1 is 0.686 bits per heavy atom. The van der Waals surface area contributed by atoms with Gasteiger partial charge < -0.3 is 4.74 Å². The van der Waals surface area contributed by atoms with Crippen LogP contribution in [0.2, 0.25) is 0 Å². The van der Waals surface area contributed by atoms with Crippen molar-refractivity contribution in [2.75, 3.05) is 6.61 Å². The molecule has 0 atom stereocenters. The number of benzene rings is 2. The fraction of sp³-hybridized carbons (Fsp3) is 0.600. The molecule has 0 bridgehead atoms. The van der Waals surface area contributed by atoms with Gasteiger partial charge in [-0.2, -0.15) is 0 Å². The van der Waals surface area contributed by atoms with Crippen LogP contribution in [0.3, 0.4) is 0 Å². The quantitative estimate of drug-likeness (QED) is 0.336. The molecule has 0 saturated heterocycles. The molecule has 2 aromatic carbocycles. The highest BCUT2D eigenvalue weighted by Gasteiger charge is 2.29. The summed E-state index contributed by atoms with van der Waals surface area (Å²) in [5.41, 5.74) is 1.69. The Kier molecular flexibility index (Phi) is 8.91. The summed E-state index contributed by atoms with van der Waals surface area (Å²) in [5, 5.41) is 0. The van der Waals surface area contributed by atoms with E-state index in [0.29, 0.717) is 41.6 Å². The van der Waals surface area contributed by atoms with Gasteiger partial charge in [0.25, 0.3) is 0 Å². The molecule has 0 N–H and O–H groups in total. The predicted octanol–water partition coefficient (Wildman–Crippen LogP) is 8.98. The minimum absolute atomic E-state index is 0.0215. The molecule has 0 heterocycles.